The van der Waals surface area contributed by atoms with Gasteiger partial charge in [-0.3, -0.25) is 14.8 Å². The smallest absolute Gasteiger partial charge is 0.293 e. The van der Waals surface area contributed by atoms with Crippen molar-refractivity contribution in [3.8, 4) is 0 Å². The van der Waals surface area contributed by atoms with Gasteiger partial charge in [0.1, 0.15) is 5.69 Å². The Balaban J connectivity index is 1.95. The van der Waals surface area contributed by atoms with Crippen LogP contribution in [0.3, 0.4) is 0 Å². The molecule has 8 nitrogen and oxygen atoms in total. The number of nitrogens with one attached hydrogen (secondary N) is 1. The first-order valence-corrected chi connectivity index (χ1v) is 9.50. The lowest BCUT2D eigenvalue weighted by atomic mass is 10.1. The maximum atomic E-state index is 12.5. The van der Waals surface area contributed by atoms with E-state index in [4.69, 9.17) is 0 Å². The monoisotopic (exact) mass is 377 g/mol. The summed E-state index contributed by atoms with van der Waals surface area (Å²) in [6.45, 7) is 2.38. The van der Waals surface area contributed by atoms with Crippen LogP contribution in [0.2, 0.25) is 0 Å². The molecular weight excluding hydrogens is 358 g/mol. The molecule has 0 aliphatic carbocycles. The highest BCUT2D eigenvalue weighted by Gasteiger charge is 2.34. The van der Waals surface area contributed by atoms with Crippen molar-refractivity contribution in [2.45, 2.75) is 23.8 Å². The van der Waals surface area contributed by atoms with Gasteiger partial charge in [-0.2, -0.15) is 0 Å². The Morgan fingerprint density at radius 2 is 1.92 bits per heavy atom. The van der Waals surface area contributed by atoms with Gasteiger partial charge in [-0.25, -0.2) is 8.42 Å². The molecule has 1 atom stereocenters. The average Bonchev–Trinajstić information content (AvgIpc) is 2.94. The van der Waals surface area contributed by atoms with Gasteiger partial charge in [-0.05, 0) is 37.6 Å². The fraction of sp³-hybridized carbons (Fsp3) is 0.294. The van der Waals surface area contributed by atoms with Crippen molar-refractivity contribution in [2.75, 3.05) is 22.7 Å². The van der Waals surface area contributed by atoms with Gasteiger partial charge < -0.3 is 10.0 Å². The van der Waals surface area contributed by atoms with Crippen molar-refractivity contribution in [2.24, 2.45) is 0 Å². The molecule has 9 heteroatoms. The highest BCUT2D eigenvalue weighted by molar-refractivity contribution is 7.92. The van der Waals surface area contributed by atoms with Crippen LogP contribution < -0.4 is 9.62 Å². The Morgan fingerprint density at radius 1 is 1.23 bits per heavy atom. The van der Waals surface area contributed by atoms with Crippen molar-refractivity contribution in [3.63, 3.8) is 0 Å². The van der Waals surface area contributed by atoms with E-state index in [-0.39, 0.29) is 17.1 Å². The lowest BCUT2D eigenvalue weighted by Gasteiger charge is -2.21. The van der Waals surface area contributed by atoms with Gasteiger partial charge in [-0.15, -0.1) is 0 Å². The number of benzene rings is 2. The molecule has 2 N–H and O–H groups in total. The molecule has 1 aliphatic heterocycles. The van der Waals surface area contributed by atoms with E-state index in [1.807, 2.05) is 0 Å². The summed E-state index contributed by atoms with van der Waals surface area (Å²) in [6, 6.07) is 12.1. The summed E-state index contributed by atoms with van der Waals surface area (Å²) in [7, 11) is -3.95. The predicted octanol–water partition coefficient (Wildman–Crippen LogP) is 2.36. The number of nitrogens with zero attached hydrogens (tertiary/aromatic N) is 2. The quantitative estimate of drug-likeness (QED) is 0.611. The zero-order valence-corrected chi connectivity index (χ0v) is 14.9. The minimum Gasteiger partial charge on any atom is -0.388 e. The summed E-state index contributed by atoms with van der Waals surface area (Å²) in [6.07, 6.45) is 0.486. The number of para-hydroxylation sites is 1. The molecule has 1 fully saturated rings. The van der Waals surface area contributed by atoms with Crippen molar-refractivity contribution >= 4 is 27.1 Å². The van der Waals surface area contributed by atoms with Crippen LogP contribution in [0.4, 0.5) is 17.1 Å². The Morgan fingerprint density at radius 3 is 2.50 bits per heavy atom. The van der Waals surface area contributed by atoms with Crippen LogP contribution in [0.15, 0.2) is 53.4 Å². The van der Waals surface area contributed by atoms with E-state index in [0.717, 1.165) is 6.07 Å². The first-order valence-electron chi connectivity index (χ1n) is 8.02. The summed E-state index contributed by atoms with van der Waals surface area (Å²) in [5.74, 6) is 0. The van der Waals surface area contributed by atoms with E-state index in [2.05, 4.69) is 4.72 Å². The van der Waals surface area contributed by atoms with E-state index in [9.17, 15) is 23.6 Å². The maximum Gasteiger partial charge on any atom is 0.293 e. The first-order chi connectivity index (χ1) is 12.2. The molecule has 0 aromatic heterocycles. The second-order valence-electron chi connectivity index (χ2n) is 6.55. The summed E-state index contributed by atoms with van der Waals surface area (Å²) in [4.78, 5) is 12.4. The van der Waals surface area contributed by atoms with E-state index in [1.54, 1.807) is 42.2 Å². The second-order valence-corrected chi connectivity index (χ2v) is 8.23. The molecule has 1 heterocycles. The minimum absolute atomic E-state index is 0.192. The third-order valence-electron chi connectivity index (χ3n) is 4.27. The molecular formula is C17H19N3O5S. The van der Waals surface area contributed by atoms with Gasteiger partial charge >= 0.3 is 0 Å². The third kappa shape index (κ3) is 3.78. The number of rotatable bonds is 5. The summed E-state index contributed by atoms with van der Waals surface area (Å²) in [5.41, 5.74) is -0.562. The van der Waals surface area contributed by atoms with E-state index in [1.165, 1.54) is 12.1 Å². The molecule has 0 amide bonds. The Bertz CT molecular complexity index is 929. The van der Waals surface area contributed by atoms with Crippen LogP contribution in [0.25, 0.3) is 0 Å². The van der Waals surface area contributed by atoms with Gasteiger partial charge in [0.05, 0.1) is 15.4 Å². The number of hydrogen-bond donors (Lipinski definition) is 2. The van der Waals surface area contributed by atoms with E-state index in [0.29, 0.717) is 24.3 Å². The molecule has 2 aromatic rings. The summed E-state index contributed by atoms with van der Waals surface area (Å²) < 4.78 is 27.4. The molecule has 0 spiro atoms. The topological polar surface area (TPSA) is 113 Å². The third-order valence-corrected chi connectivity index (χ3v) is 5.65. The number of nitro groups is 1. The van der Waals surface area contributed by atoms with Crippen molar-refractivity contribution in [3.05, 3.63) is 58.6 Å². The minimum atomic E-state index is -3.95. The average molecular weight is 377 g/mol. The molecule has 3 rings (SSSR count). The van der Waals surface area contributed by atoms with Gasteiger partial charge in [0.2, 0.25) is 0 Å². The van der Waals surface area contributed by atoms with Crippen LogP contribution >= 0.6 is 0 Å². The van der Waals surface area contributed by atoms with Crippen molar-refractivity contribution < 1.29 is 18.4 Å². The number of aliphatic hydroxyl groups is 1. The number of sulfonamides is 1. The standard InChI is InChI=1S/C17H19N3O5S/c1-17(21)9-10-19(12-17)15-8-7-14(11-16(15)20(22)23)26(24,25)18-13-5-3-2-4-6-13/h2-8,11,18,21H,9-10,12H2,1H3. The molecule has 2 aromatic carbocycles. The van der Waals surface area contributed by atoms with Gasteiger partial charge in [0, 0.05) is 24.8 Å². The zero-order chi connectivity index (χ0) is 18.9. The fourth-order valence-electron chi connectivity index (χ4n) is 2.96. The molecule has 1 aliphatic rings. The molecule has 1 saturated heterocycles. The van der Waals surface area contributed by atoms with Gasteiger partial charge in [0.25, 0.3) is 15.7 Å². The molecule has 0 radical (unpaired) electrons. The van der Waals surface area contributed by atoms with E-state index < -0.39 is 20.5 Å². The van der Waals surface area contributed by atoms with Crippen LogP contribution in [0.5, 0.6) is 0 Å². The molecule has 0 bridgehead atoms. The molecule has 1 unspecified atom stereocenters. The second kappa shape index (κ2) is 6.58. The molecule has 26 heavy (non-hydrogen) atoms. The van der Waals surface area contributed by atoms with Crippen LogP contribution in [-0.4, -0.2) is 37.1 Å². The lowest BCUT2D eigenvalue weighted by Crippen LogP contribution is -2.30. The first kappa shape index (κ1) is 18.2. The Hall–Kier alpha value is -2.65. The number of anilines is 2. The number of nitro benzene ring substituents is 1. The van der Waals surface area contributed by atoms with Crippen molar-refractivity contribution in [1.82, 2.24) is 0 Å². The number of β-amino-alcohol motifs (C(OH)–C–C–N with tert-alkyl or cyclic N) is 1. The largest absolute Gasteiger partial charge is 0.388 e. The highest BCUT2D eigenvalue weighted by Crippen LogP contribution is 2.35. The van der Waals surface area contributed by atoms with Gasteiger partial charge in [-0.1, -0.05) is 18.2 Å². The SMILES string of the molecule is CC1(O)CCN(c2ccc(S(=O)(=O)Nc3ccccc3)cc2[N+](=O)[O-])C1. The number of hydrogen-bond acceptors (Lipinski definition) is 6. The zero-order valence-electron chi connectivity index (χ0n) is 14.1. The van der Waals surface area contributed by atoms with Crippen molar-refractivity contribution in [1.29, 1.82) is 0 Å². The molecule has 0 saturated carbocycles. The molecule has 138 valence electrons. The maximum absolute atomic E-state index is 12.5. The normalized spacial score (nSPS) is 20.2. The summed E-state index contributed by atoms with van der Waals surface area (Å²) in [5, 5.41) is 21.6. The van der Waals surface area contributed by atoms with Crippen LogP contribution in [0.1, 0.15) is 13.3 Å². The fourth-order valence-corrected chi connectivity index (χ4v) is 4.03. The predicted molar refractivity (Wildman–Crippen MR) is 97.8 cm³/mol. The summed E-state index contributed by atoms with van der Waals surface area (Å²) >= 11 is 0. The van der Waals surface area contributed by atoms with Crippen LogP contribution in [-0.2, 0) is 10.0 Å². The van der Waals surface area contributed by atoms with Gasteiger partial charge in [0.15, 0.2) is 0 Å². The van der Waals surface area contributed by atoms with E-state index >= 15 is 0 Å². The lowest BCUT2D eigenvalue weighted by molar-refractivity contribution is -0.384. The Labute approximate surface area is 151 Å². The Kier molecular flexibility index (Phi) is 4.59. The van der Waals surface area contributed by atoms with Crippen LogP contribution in [0, 0.1) is 10.1 Å². The highest BCUT2D eigenvalue weighted by atomic mass is 32.2.